The van der Waals surface area contributed by atoms with Crippen molar-refractivity contribution in [1.29, 1.82) is 0 Å². The summed E-state index contributed by atoms with van der Waals surface area (Å²) in [5.74, 6) is 1.31. The number of hydrogen-bond acceptors (Lipinski definition) is 4. The maximum absolute atomic E-state index is 9.12. The minimum atomic E-state index is -0.502. The molecule has 1 aliphatic rings. The summed E-state index contributed by atoms with van der Waals surface area (Å²) >= 11 is 6.30. The van der Waals surface area contributed by atoms with Gasteiger partial charge in [-0.25, -0.2) is 0 Å². The van der Waals surface area contributed by atoms with E-state index in [1.54, 1.807) is 13.2 Å². The maximum Gasteiger partial charge on any atom is 0.166 e. The van der Waals surface area contributed by atoms with Gasteiger partial charge in [0, 0.05) is 12.0 Å². The Balaban J connectivity index is 2.55. The molecule has 0 bridgehead atoms. The summed E-state index contributed by atoms with van der Waals surface area (Å²) in [6, 6.07) is 1.23. The van der Waals surface area contributed by atoms with E-state index in [1.807, 2.05) is 6.92 Å². The highest BCUT2D eigenvalue weighted by Gasteiger charge is 2.28. The number of benzene rings is 1. The smallest absolute Gasteiger partial charge is 0.166 e. The molecule has 0 saturated heterocycles. The zero-order chi connectivity index (χ0) is 12.6. The van der Waals surface area contributed by atoms with Crippen LogP contribution in [-0.4, -0.2) is 24.9 Å². The number of fused-ring (bicyclic) bond motifs is 1. The molecule has 2 rings (SSSR count). The first-order chi connectivity index (χ1) is 8.08. The fraction of sp³-hybridized carbons (Fsp3) is 0.500. The first kappa shape index (κ1) is 12.5. The molecular formula is C12H16ClNO3. The predicted molar refractivity (Wildman–Crippen MR) is 65.8 cm³/mol. The summed E-state index contributed by atoms with van der Waals surface area (Å²) < 4.78 is 10.9. The van der Waals surface area contributed by atoms with Crippen molar-refractivity contribution in [3.05, 3.63) is 22.2 Å². The lowest BCUT2D eigenvalue weighted by atomic mass is 10.0. The zero-order valence-corrected chi connectivity index (χ0v) is 10.6. The molecule has 94 valence electrons. The summed E-state index contributed by atoms with van der Waals surface area (Å²) in [5, 5.41) is 9.70. The molecule has 1 aromatic rings. The summed E-state index contributed by atoms with van der Waals surface area (Å²) in [6.45, 7) is 1.82. The number of halogens is 1. The lowest BCUT2D eigenvalue weighted by Gasteiger charge is -2.16. The Labute approximate surface area is 105 Å². The minimum Gasteiger partial charge on any atom is -0.493 e. The van der Waals surface area contributed by atoms with Crippen LogP contribution in [-0.2, 0) is 6.42 Å². The van der Waals surface area contributed by atoms with Gasteiger partial charge in [-0.3, -0.25) is 0 Å². The minimum absolute atomic E-state index is 0.0806. The number of aliphatic hydroxyl groups excluding tert-OH is 1. The molecule has 0 aliphatic carbocycles. The van der Waals surface area contributed by atoms with Crippen molar-refractivity contribution < 1.29 is 14.6 Å². The number of methoxy groups -OCH3 is 1. The van der Waals surface area contributed by atoms with Gasteiger partial charge < -0.3 is 20.3 Å². The molecule has 0 spiro atoms. The number of rotatable bonds is 3. The van der Waals surface area contributed by atoms with Gasteiger partial charge in [0.15, 0.2) is 11.5 Å². The third kappa shape index (κ3) is 2.08. The standard InChI is InChI=1S/C12H16ClNO3/c1-6-3-8-11(13)7(9(14)5-15)4-10(16-2)12(8)17-6/h4,6,9,15H,3,5,14H2,1-2H3. The zero-order valence-electron chi connectivity index (χ0n) is 9.87. The van der Waals surface area contributed by atoms with E-state index in [-0.39, 0.29) is 12.7 Å². The Morgan fingerprint density at radius 1 is 1.71 bits per heavy atom. The Morgan fingerprint density at radius 2 is 2.41 bits per heavy atom. The molecule has 1 aliphatic heterocycles. The Bertz CT molecular complexity index is 436. The van der Waals surface area contributed by atoms with E-state index in [1.165, 1.54) is 0 Å². The monoisotopic (exact) mass is 257 g/mol. The molecule has 0 radical (unpaired) electrons. The largest absolute Gasteiger partial charge is 0.493 e. The fourth-order valence-corrected chi connectivity index (χ4v) is 2.41. The van der Waals surface area contributed by atoms with Crippen LogP contribution in [0.5, 0.6) is 11.5 Å². The first-order valence-corrected chi connectivity index (χ1v) is 5.88. The summed E-state index contributed by atoms with van der Waals surface area (Å²) in [4.78, 5) is 0. The highest BCUT2D eigenvalue weighted by atomic mass is 35.5. The Hall–Kier alpha value is -0.970. The lowest BCUT2D eigenvalue weighted by Crippen LogP contribution is -2.15. The average molecular weight is 258 g/mol. The van der Waals surface area contributed by atoms with Gasteiger partial charge in [0.1, 0.15) is 6.10 Å². The highest BCUT2D eigenvalue weighted by molar-refractivity contribution is 6.32. The van der Waals surface area contributed by atoms with E-state index >= 15 is 0 Å². The summed E-state index contributed by atoms with van der Waals surface area (Å²) in [6.07, 6.45) is 0.813. The van der Waals surface area contributed by atoms with Gasteiger partial charge in [-0.1, -0.05) is 11.6 Å². The molecule has 3 N–H and O–H groups in total. The molecule has 4 nitrogen and oxygen atoms in total. The Morgan fingerprint density at radius 3 is 3.00 bits per heavy atom. The number of aliphatic hydroxyl groups is 1. The van der Waals surface area contributed by atoms with Crippen molar-refractivity contribution in [2.24, 2.45) is 5.73 Å². The van der Waals surface area contributed by atoms with Crippen molar-refractivity contribution in [2.45, 2.75) is 25.5 Å². The number of nitrogens with two attached hydrogens (primary N) is 1. The third-order valence-electron chi connectivity index (χ3n) is 2.93. The second-order valence-electron chi connectivity index (χ2n) is 4.21. The first-order valence-electron chi connectivity index (χ1n) is 5.50. The van der Waals surface area contributed by atoms with Crippen LogP contribution in [0, 0.1) is 0 Å². The van der Waals surface area contributed by atoms with Crippen molar-refractivity contribution >= 4 is 11.6 Å². The van der Waals surface area contributed by atoms with E-state index in [0.717, 1.165) is 12.0 Å². The number of ether oxygens (including phenoxy) is 2. The van der Waals surface area contributed by atoms with E-state index < -0.39 is 6.04 Å². The normalized spacial score (nSPS) is 19.7. The molecule has 1 heterocycles. The molecule has 0 amide bonds. The second-order valence-corrected chi connectivity index (χ2v) is 4.59. The van der Waals surface area contributed by atoms with Gasteiger partial charge in [0.05, 0.1) is 24.8 Å². The van der Waals surface area contributed by atoms with Crippen molar-refractivity contribution in [3.8, 4) is 11.5 Å². The van der Waals surface area contributed by atoms with Crippen LogP contribution in [0.15, 0.2) is 6.07 Å². The van der Waals surface area contributed by atoms with Crippen LogP contribution in [0.1, 0.15) is 24.1 Å². The molecular weight excluding hydrogens is 242 g/mol. The van der Waals surface area contributed by atoms with Crippen molar-refractivity contribution in [1.82, 2.24) is 0 Å². The van der Waals surface area contributed by atoms with Crippen molar-refractivity contribution in [3.63, 3.8) is 0 Å². The van der Waals surface area contributed by atoms with Gasteiger partial charge in [-0.2, -0.15) is 0 Å². The lowest BCUT2D eigenvalue weighted by molar-refractivity contribution is 0.243. The van der Waals surface area contributed by atoms with Crippen LogP contribution >= 0.6 is 11.6 Å². The predicted octanol–water partition coefficient (Wildman–Crippen LogP) is 1.66. The van der Waals surface area contributed by atoms with Crippen molar-refractivity contribution in [2.75, 3.05) is 13.7 Å². The quantitative estimate of drug-likeness (QED) is 0.865. The van der Waals surface area contributed by atoms with Gasteiger partial charge in [-0.05, 0) is 18.6 Å². The summed E-state index contributed by atoms with van der Waals surface area (Å²) in [7, 11) is 1.57. The van der Waals surface area contributed by atoms with Crippen LogP contribution in [0.2, 0.25) is 5.02 Å². The van der Waals surface area contributed by atoms with Crippen LogP contribution in [0.4, 0.5) is 0 Å². The Kier molecular flexibility index (Phi) is 3.47. The number of hydrogen-bond donors (Lipinski definition) is 2. The van der Waals surface area contributed by atoms with Gasteiger partial charge >= 0.3 is 0 Å². The molecule has 0 fully saturated rings. The van der Waals surface area contributed by atoms with E-state index in [9.17, 15) is 0 Å². The van der Waals surface area contributed by atoms with Gasteiger partial charge in [-0.15, -0.1) is 0 Å². The molecule has 5 heteroatoms. The van der Waals surface area contributed by atoms with Crippen LogP contribution in [0.25, 0.3) is 0 Å². The molecule has 17 heavy (non-hydrogen) atoms. The highest BCUT2D eigenvalue weighted by Crippen LogP contribution is 2.44. The molecule has 0 saturated carbocycles. The van der Waals surface area contributed by atoms with E-state index in [4.69, 9.17) is 31.9 Å². The fourth-order valence-electron chi connectivity index (χ4n) is 2.05. The molecule has 1 aromatic carbocycles. The second kappa shape index (κ2) is 4.72. The molecule has 0 aromatic heterocycles. The van der Waals surface area contributed by atoms with Gasteiger partial charge in [0.25, 0.3) is 0 Å². The van der Waals surface area contributed by atoms with Crippen LogP contribution < -0.4 is 15.2 Å². The molecule has 2 unspecified atom stereocenters. The van der Waals surface area contributed by atoms with Crippen LogP contribution in [0.3, 0.4) is 0 Å². The van der Waals surface area contributed by atoms with Gasteiger partial charge in [0.2, 0.25) is 0 Å². The SMILES string of the molecule is COc1cc(C(N)CO)c(Cl)c2c1OC(C)C2. The summed E-state index contributed by atoms with van der Waals surface area (Å²) in [5.41, 5.74) is 7.43. The third-order valence-corrected chi connectivity index (χ3v) is 3.38. The van der Waals surface area contributed by atoms with E-state index in [0.29, 0.717) is 22.1 Å². The maximum atomic E-state index is 9.12. The average Bonchev–Trinajstić information content (AvgIpc) is 2.71. The molecule has 2 atom stereocenters. The van der Waals surface area contributed by atoms with E-state index in [2.05, 4.69) is 0 Å². The topological polar surface area (TPSA) is 64.7 Å².